The van der Waals surface area contributed by atoms with Gasteiger partial charge in [0.15, 0.2) is 0 Å². The quantitative estimate of drug-likeness (QED) is 0.794. The third-order valence-electron chi connectivity index (χ3n) is 4.04. The van der Waals surface area contributed by atoms with E-state index in [0.717, 1.165) is 5.69 Å². The van der Waals surface area contributed by atoms with Crippen LogP contribution in [0.15, 0.2) is 24.3 Å². The van der Waals surface area contributed by atoms with Gasteiger partial charge in [0.25, 0.3) is 0 Å². The van der Waals surface area contributed by atoms with Crippen LogP contribution in [-0.2, 0) is 0 Å². The molecule has 0 aliphatic heterocycles. The van der Waals surface area contributed by atoms with Crippen LogP contribution in [0.4, 0.5) is 5.69 Å². The van der Waals surface area contributed by atoms with Gasteiger partial charge in [-0.15, -0.1) is 0 Å². The van der Waals surface area contributed by atoms with Crippen molar-refractivity contribution < 1.29 is 5.11 Å². The van der Waals surface area contributed by atoms with E-state index < -0.39 is 0 Å². The monoisotopic (exact) mass is 247 g/mol. The lowest BCUT2D eigenvalue weighted by Crippen LogP contribution is -2.32. The molecule has 0 amide bonds. The van der Waals surface area contributed by atoms with E-state index in [0.29, 0.717) is 5.92 Å². The highest BCUT2D eigenvalue weighted by molar-refractivity contribution is 5.46. The van der Waals surface area contributed by atoms with E-state index in [2.05, 4.69) is 36.5 Å². The average molecular weight is 247 g/mol. The topological polar surface area (TPSA) is 32.3 Å². The molecule has 1 aliphatic carbocycles. The largest absolute Gasteiger partial charge is 0.394 e. The first kappa shape index (κ1) is 13.4. The Morgan fingerprint density at radius 2 is 1.94 bits per heavy atom. The number of aliphatic hydroxyl groups is 1. The van der Waals surface area contributed by atoms with Gasteiger partial charge in [-0.3, -0.25) is 0 Å². The molecule has 2 rings (SSSR count). The molecule has 2 nitrogen and oxygen atoms in total. The van der Waals surface area contributed by atoms with Crippen molar-refractivity contribution in [2.75, 3.05) is 11.9 Å². The molecule has 0 heterocycles. The van der Waals surface area contributed by atoms with E-state index in [1.165, 1.54) is 44.1 Å². The van der Waals surface area contributed by atoms with E-state index in [9.17, 15) is 5.11 Å². The number of nitrogens with one attached hydrogen (secondary N) is 1. The predicted octanol–water partition coefficient (Wildman–Crippen LogP) is 3.74. The van der Waals surface area contributed by atoms with Crippen LogP contribution < -0.4 is 5.32 Å². The third kappa shape index (κ3) is 3.74. The van der Waals surface area contributed by atoms with Crippen LogP contribution in [0.5, 0.6) is 0 Å². The molecule has 1 unspecified atom stereocenters. The standard InChI is InChI=1S/C16H25NO/c1-13-7-6-10-15(11-13)17-16(12-18)14-8-4-2-3-5-9-14/h6-7,10-11,14,16-18H,2-5,8-9,12H2,1H3. The fraction of sp³-hybridized carbons (Fsp3) is 0.625. The number of aryl methyl sites for hydroxylation is 1. The minimum Gasteiger partial charge on any atom is -0.394 e. The summed E-state index contributed by atoms with van der Waals surface area (Å²) in [5, 5.41) is 13.2. The lowest BCUT2D eigenvalue weighted by molar-refractivity contribution is 0.227. The Balaban J connectivity index is 1.99. The summed E-state index contributed by atoms with van der Waals surface area (Å²) in [5.74, 6) is 0.623. The second kappa shape index (κ2) is 6.79. The van der Waals surface area contributed by atoms with Crippen LogP contribution in [0.25, 0.3) is 0 Å². The number of benzene rings is 1. The molecule has 1 aromatic carbocycles. The highest BCUT2D eigenvalue weighted by Gasteiger charge is 2.21. The third-order valence-corrected chi connectivity index (χ3v) is 4.04. The Labute approximate surface area is 110 Å². The normalized spacial score (nSPS) is 19.2. The fourth-order valence-electron chi connectivity index (χ4n) is 2.97. The fourth-order valence-corrected chi connectivity index (χ4v) is 2.97. The molecule has 0 bridgehead atoms. The number of rotatable bonds is 4. The summed E-state index contributed by atoms with van der Waals surface area (Å²) in [5.41, 5.74) is 2.40. The smallest absolute Gasteiger partial charge is 0.0635 e. The zero-order chi connectivity index (χ0) is 12.8. The number of hydrogen-bond acceptors (Lipinski definition) is 2. The number of aliphatic hydroxyl groups excluding tert-OH is 1. The summed E-state index contributed by atoms with van der Waals surface area (Å²) in [6, 6.07) is 8.63. The van der Waals surface area contributed by atoms with Gasteiger partial charge in [-0.05, 0) is 43.4 Å². The van der Waals surface area contributed by atoms with Crippen molar-refractivity contribution in [1.29, 1.82) is 0 Å². The molecule has 1 saturated carbocycles. The first-order chi connectivity index (χ1) is 8.79. The first-order valence-electron chi connectivity index (χ1n) is 7.23. The van der Waals surface area contributed by atoms with Crippen LogP contribution in [0.2, 0.25) is 0 Å². The Kier molecular flexibility index (Phi) is 5.06. The van der Waals surface area contributed by atoms with Crippen LogP contribution in [-0.4, -0.2) is 17.8 Å². The second-order valence-corrected chi connectivity index (χ2v) is 5.55. The molecule has 100 valence electrons. The molecule has 0 spiro atoms. The molecule has 1 aromatic rings. The maximum Gasteiger partial charge on any atom is 0.0635 e. The van der Waals surface area contributed by atoms with Crippen molar-refractivity contribution in [3.63, 3.8) is 0 Å². The summed E-state index contributed by atoms with van der Waals surface area (Å²) >= 11 is 0. The SMILES string of the molecule is Cc1cccc(NC(CO)C2CCCCCC2)c1. The second-order valence-electron chi connectivity index (χ2n) is 5.55. The zero-order valence-corrected chi connectivity index (χ0v) is 11.4. The summed E-state index contributed by atoms with van der Waals surface area (Å²) in [6.07, 6.45) is 7.86. The van der Waals surface area contributed by atoms with Crippen molar-refractivity contribution in [2.24, 2.45) is 5.92 Å². The minimum atomic E-state index is 0.213. The van der Waals surface area contributed by atoms with Crippen molar-refractivity contribution in [3.8, 4) is 0 Å². The Morgan fingerprint density at radius 3 is 2.56 bits per heavy atom. The average Bonchev–Trinajstić information content (AvgIpc) is 2.65. The Hall–Kier alpha value is -1.02. The zero-order valence-electron chi connectivity index (χ0n) is 11.4. The maximum atomic E-state index is 9.64. The predicted molar refractivity (Wildman–Crippen MR) is 76.9 cm³/mol. The molecule has 0 aromatic heterocycles. The molecule has 1 aliphatic rings. The van der Waals surface area contributed by atoms with Gasteiger partial charge in [0.05, 0.1) is 12.6 Å². The van der Waals surface area contributed by atoms with E-state index in [-0.39, 0.29) is 12.6 Å². The van der Waals surface area contributed by atoms with Crippen LogP contribution in [0, 0.1) is 12.8 Å². The van der Waals surface area contributed by atoms with Crippen LogP contribution in [0.1, 0.15) is 44.1 Å². The Morgan fingerprint density at radius 1 is 1.22 bits per heavy atom. The van der Waals surface area contributed by atoms with Gasteiger partial charge >= 0.3 is 0 Å². The van der Waals surface area contributed by atoms with Gasteiger partial charge in [-0.1, -0.05) is 37.8 Å². The lowest BCUT2D eigenvalue weighted by atomic mass is 9.92. The minimum absolute atomic E-state index is 0.213. The lowest BCUT2D eigenvalue weighted by Gasteiger charge is -2.26. The molecular weight excluding hydrogens is 222 g/mol. The molecule has 2 heteroatoms. The molecule has 18 heavy (non-hydrogen) atoms. The van der Waals surface area contributed by atoms with E-state index in [4.69, 9.17) is 0 Å². The molecule has 0 saturated heterocycles. The van der Waals surface area contributed by atoms with Gasteiger partial charge < -0.3 is 10.4 Å². The van der Waals surface area contributed by atoms with Crippen LogP contribution >= 0.6 is 0 Å². The molecule has 0 radical (unpaired) electrons. The highest BCUT2D eigenvalue weighted by atomic mass is 16.3. The van der Waals surface area contributed by atoms with E-state index >= 15 is 0 Å². The summed E-state index contributed by atoms with van der Waals surface area (Å²) in [4.78, 5) is 0. The van der Waals surface area contributed by atoms with Gasteiger partial charge in [-0.25, -0.2) is 0 Å². The van der Waals surface area contributed by atoms with Crippen molar-refractivity contribution in [2.45, 2.75) is 51.5 Å². The van der Waals surface area contributed by atoms with E-state index in [1.54, 1.807) is 0 Å². The van der Waals surface area contributed by atoms with Crippen molar-refractivity contribution in [1.82, 2.24) is 0 Å². The first-order valence-corrected chi connectivity index (χ1v) is 7.23. The van der Waals surface area contributed by atoms with Gasteiger partial charge in [0.1, 0.15) is 0 Å². The molecular formula is C16H25NO. The number of anilines is 1. The molecule has 1 atom stereocenters. The summed E-state index contributed by atoms with van der Waals surface area (Å²) in [7, 11) is 0. The van der Waals surface area contributed by atoms with Gasteiger partial charge in [-0.2, -0.15) is 0 Å². The van der Waals surface area contributed by atoms with Gasteiger partial charge in [0.2, 0.25) is 0 Å². The van der Waals surface area contributed by atoms with Crippen LogP contribution in [0.3, 0.4) is 0 Å². The summed E-state index contributed by atoms with van der Waals surface area (Å²) < 4.78 is 0. The van der Waals surface area contributed by atoms with Gasteiger partial charge in [0, 0.05) is 5.69 Å². The molecule has 2 N–H and O–H groups in total. The van der Waals surface area contributed by atoms with E-state index in [1.807, 2.05) is 0 Å². The van der Waals surface area contributed by atoms with Crippen molar-refractivity contribution in [3.05, 3.63) is 29.8 Å². The highest BCUT2D eigenvalue weighted by Crippen LogP contribution is 2.27. The maximum absolute atomic E-state index is 9.64. The molecule has 1 fully saturated rings. The Bertz CT molecular complexity index is 356. The van der Waals surface area contributed by atoms with Crippen molar-refractivity contribution >= 4 is 5.69 Å². The number of hydrogen-bond donors (Lipinski definition) is 2. The summed E-state index contributed by atoms with van der Waals surface area (Å²) in [6.45, 7) is 2.34.